The monoisotopic (exact) mass is 367 g/mol. The lowest BCUT2D eigenvalue weighted by atomic mass is 10.1. The van der Waals surface area contributed by atoms with Crippen molar-refractivity contribution in [1.29, 1.82) is 0 Å². The summed E-state index contributed by atoms with van der Waals surface area (Å²) in [5.41, 5.74) is 0.946. The van der Waals surface area contributed by atoms with Gasteiger partial charge >= 0.3 is 11.9 Å². The van der Waals surface area contributed by atoms with E-state index in [-0.39, 0.29) is 18.7 Å². The Balaban J connectivity index is 2.12. The minimum atomic E-state index is -0.586. The Bertz CT molecular complexity index is 753. The number of methoxy groups -OCH3 is 2. The lowest BCUT2D eigenvalue weighted by molar-refractivity contribution is -0.144. The molecule has 1 amide bonds. The van der Waals surface area contributed by atoms with Crippen LogP contribution in [0.15, 0.2) is 12.4 Å². The van der Waals surface area contributed by atoms with Gasteiger partial charge in [0.2, 0.25) is 0 Å². The van der Waals surface area contributed by atoms with E-state index in [1.54, 1.807) is 6.92 Å². The number of carbonyl (C=O) groups is 3. The van der Waals surface area contributed by atoms with Crippen molar-refractivity contribution in [3.8, 4) is 0 Å². The molecule has 0 spiro atoms. The van der Waals surface area contributed by atoms with Crippen LogP contribution in [0.2, 0.25) is 0 Å². The molecule has 2 heterocycles. The van der Waals surface area contributed by atoms with Crippen LogP contribution in [0.25, 0.3) is 0 Å². The number of aromatic nitrogens is 4. The van der Waals surface area contributed by atoms with Gasteiger partial charge in [-0.15, -0.1) is 5.10 Å². The zero-order valence-corrected chi connectivity index (χ0v) is 14.7. The number of ether oxygens (including phenoxy) is 2. The molecular weight excluding hydrogens is 350 g/mol. The normalized spacial score (nSPS) is 10.6. The Labute approximate surface area is 147 Å². The maximum atomic E-state index is 12.2. The van der Waals surface area contributed by atoms with Gasteiger partial charge in [0.25, 0.3) is 5.91 Å². The first-order chi connectivity index (χ1) is 11.9. The third-order valence-corrected chi connectivity index (χ3v) is 4.18. The van der Waals surface area contributed by atoms with E-state index < -0.39 is 18.0 Å². The van der Waals surface area contributed by atoms with E-state index in [1.165, 1.54) is 31.3 Å². The van der Waals surface area contributed by atoms with Crippen molar-refractivity contribution in [2.75, 3.05) is 19.5 Å². The number of esters is 2. The Morgan fingerprint density at radius 2 is 1.88 bits per heavy atom. The van der Waals surface area contributed by atoms with Crippen LogP contribution < -0.4 is 5.32 Å². The highest BCUT2D eigenvalue weighted by atomic mass is 32.1. The zero-order valence-electron chi connectivity index (χ0n) is 13.9. The maximum Gasteiger partial charge on any atom is 0.307 e. The molecule has 0 aromatic carbocycles. The van der Waals surface area contributed by atoms with Crippen LogP contribution >= 0.6 is 11.5 Å². The Morgan fingerprint density at radius 3 is 2.40 bits per heavy atom. The van der Waals surface area contributed by atoms with E-state index in [4.69, 9.17) is 0 Å². The lowest BCUT2D eigenvalue weighted by Crippen LogP contribution is -2.19. The summed E-state index contributed by atoms with van der Waals surface area (Å²) in [6.45, 7) is 1.69. The summed E-state index contributed by atoms with van der Waals surface area (Å²) < 4.78 is 14.4. The number of rotatable bonds is 7. The lowest BCUT2D eigenvalue weighted by Gasteiger charge is -2.15. The Morgan fingerprint density at radius 1 is 1.24 bits per heavy atom. The van der Waals surface area contributed by atoms with Crippen molar-refractivity contribution in [1.82, 2.24) is 19.4 Å². The summed E-state index contributed by atoms with van der Waals surface area (Å²) in [5, 5.41) is 10.6. The number of anilines is 1. The molecule has 0 atom stereocenters. The average Bonchev–Trinajstić information content (AvgIpc) is 3.22. The molecule has 0 fully saturated rings. The summed E-state index contributed by atoms with van der Waals surface area (Å²) in [5.74, 6) is -1.33. The summed E-state index contributed by atoms with van der Waals surface area (Å²) in [6.07, 6.45) is 2.83. The minimum absolute atomic E-state index is 0.0570. The number of hydrogen-bond donors (Lipinski definition) is 1. The van der Waals surface area contributed by atoms with Gasteiger partial charge in [0.15, 0.2) is 0 Å². The average molecular weight is 367 g/mol. The topological polar surface area (TPSA) is 125 Å². The van der Waals surface area contributed by atoms with Gasteiger partial charge in [-0.2, -0.15) is 5.10 Å². The van der Waals surface area contributed by atoms with Gasteiger partial charge < -0.3 is 14.8 Å². The van der Waals surface area contributed by atoms with E-state index >= 15 is 0 Å². The van der Waals surface area contributed by atoms with Crippen LogP contribution in [0.3, 0.4) is 0 Å². The van der Waals surface area contributed by atoms with Crippen LogP contribution in [0.1, 0.15) is 34.2 Å². The number of carbonyl (C=O) groups excluding carboxylic acids is 3. The van der Waals surface area contributed by atoms with Gasteiger partial charge in [-0.05, 0) is 18.5 Å². The molecule has 25 heavy (non-hydrogen) atoms. The first-order valence-corrected chi connectivity index (χ1v) is 8.00. The molecule has 11 heteroatoms. The van der Waals surface area contributed by atoms with Gasteiger partial charge in [-0.25, -0.2) is 0 Å². The van der Waals surface area contributed by atoms with E-state index in [1.807, 2.05) is 0 Å². The van der Waals surface area contributed by atoms with Gasteiger partial charge in [0.05, 0.1) is 50.7 Å². The van der Waals surface area contributed by atoms with Crippen LogP contribution in [0.4, 0.5) is 5.69 Å². The fourth-order valence-corrected chi connectivity index (χ4v) is 2.59. The fourth-order valence-electron chi connectivity index (χ4n) is 2.04. The summed E-state index contributed by atoms with van der Waals surface area (Å²) in [4.78, 5) is 35.6. The van der Waals surface area contributed by atoms with Crippen molar-refractivity contribution in [3.63, 3.8) is 0 Å². The molecule has 0 radical (unpaired) electrons. The molecule has 134 valence electrons. The zero-order chi connectivity index (χ0) is 18.4. The molecule has 10 nitrogen and oxygen atoms in total. The molecule has 2 aromatic rings. The maximum absolute atomic E-state index is 12.2. The minimum Gasteiger partial charge on any atom is -0.469 e. The van der Waals surface area contributed by atoms with E-state index in [2.05, 4.69) is 29.5 Å². The van der Waals surface area contributed by atoms with Crippen molar-refractivity contribution in [2.45, 2.75) is 25.8 Å². The standard InChI is InChI=1S/C14H17N5O5S/c1-8-13(25-18-17-8)14(22)16-9-6-15-19(7-9)10(4-11(20)23-2)5-12(21)24-3/h6-7,10H,4-5H2,1-3H3,(H,16,22). The van der Waals surface area contributed by atoms with E-state index in [9.17, 15) is 14.4 Å². The molecule has 0 unspecified atom stereocenters. The Kier molecular flexibility index (Phi) is 6.17. The van der Waals surface area contributed by atoms with E-state index in [0.717, 1.165) is 11.5 Å². The van der Waals surface area contributed by atoms with E-state index in [0.29, 0.717) is 16.3 Å². The van der Waals surface area contributed by atoms with Crippen LogP contribution in [0, 0.1) is 6.92 Å². The molecule has 0 aliphatic rings. The highest BCUT2D eigenvalue weighted by Crippen LogP contribution is 2.20. The molecular formula is C14H17N5O5S. The van der Waals surface area contributed by atoms with Gasteiger partial charge in [0, 0.05) is 6.20 Å². The molecule has 1 N–H and O–H groups in total. The van der Waals surface area contributed by atoms with Crippen molar-refractivity contribution in [3.05, 3.63) is 23.0 Å². The highest BCUT2D eigenvalue weighted by molar-refractivity contribution is 7.08. The number of nitrogens with zero attached hydrogens (tertiary/aromatic N) is 4. The fraction of sp³-hybridized carbons (Fsp3) is 0.429. The summed E-state index contributed by atoms with van der Waals surface area (Å²) in [6, 6.07) is -0.586. The predicted octanol–water partition coefficient (Wildman–Crippen LogP) is 0.963. The quantitative estimate of drug-likeness (QED) is 0.717. The predicted molar refractivity (Wildman–Crippen MR) is 87.1 cm³/mol. The second kappa shape index (κ2) is 8.33. The summed E-state index contributed by atoms with van der Waals surface area (Å²) >= 11 is 0.990. The largest absolute Gasteiger partial charge is 0.469 e. The van der Waals surface area contributed by atoms with Crippen molar-refractivity contribution in [2.24, 2.45) is 0 Å². The van der Waals surface area contributed by atoms with Gasteiger partial charge in [-0.1, -0.05) is 4.49 Å². The second-order valence-corrected chi connectivity index (χ2v) is 5.82. The number of amides is 1. The molecule has 0 aliphatic carbocycles. The highest BCUT2D eigenvalue weighted by Gasteiger charge is 2.22. The van der Waals surface area contributed by atoms with Crippen LogP contribution in [0.5, 0.6) is 0 Å². The molecule has 0 saturated heterocycles. The molecule has 2 aromatic heterocycles. The van der Waals surface area contributed by atoms with Crippen LogP contribution in [-0.2, 0) is 19.1 Å². The molecule has 0 saturated carbocycles. The van der Waals surface area contributed by atoms with Gasteiger partial charge in [0.1, 0.15) is 4.88 Å². The first kappa shape index (κ1) is 18.5. The summed E-state index contributed by atoms with van der Waals surface area (Å²) in [7, 11) is 2.52. The third-order valence-electron chi connectivity index (χ3n) is 3.35. The molecule has 2 rings (SSSR count). The molecule has 0 aliphatic heterocycles. The number of nitrogens with one attached hydrogen (secondary N) is 1. The second-order valence-electron chi connectivity index (χ2n) is 5.06. The third kappa shape index (κ3) is 4.83. The van der Waals surface area contributed by atoms with Crippen molar-refractivity contribution < 1.29 is 23.9 Å². The Hall–Kier alpha value is -2.82. The number of hydrogen-bond acceptors (Lipinski definition) is 9. The van der Waals surface area contributed by atoms with Crippen molar-refractivity contribution >= 4 is 35.1 Å². The molecule has 0 bridgehead atoms. The smallest absolute Gasteiger partial charge is 0.307 e. The van der Waals surface area contributed by atoms with Crippen LogP contribution in [-0.4, -0.2) is 51.4 Å². The SMILES string of the molecule is COC(=O)CC(CC(=O)OC)n1cc(NC(=O)c2snnc2C)cn1. The first-order valence-electron chi connectivity index (χ1n) is 7.22. The van der Waals surface area contributed by atoms with Gasteiger partial charge in [-0.3, -0.25) is 19.1 Å². The number of aryl methyl sites for hydroxylation is 1.